The van der Waals surface area contributed by atoms with Crippen molar-refractivity contribution in [2.45, 2.75) is 38.5 Å². The van der Waals surface area contributed by atoms with Gasteiger partial charge in [-0.1, -0.05) is 113 Å². The number of hydrogen-bond donors (Lipinski definition) is 4. The van der Waals surface area contributed by atoms with E-state index in [1.165, 1.54) is 22.3 Å². The highest BCUT2D eigenvalue weighted by atomic mass is 16.6. The van der Waals surface area contributed by atoms with Gasteiger partial charge in [-0.2, -0.15) is 0 Å². The second-order valence-corrected chi connectivity index (χ2v) is 9.36. The second-order valence-electron chi connectivity index (χ2n) is 9.36. The molecule has 0 bridgehead atoms. The minimum atomic E-state index is -1.83. The van der Waals surface area contributed by atoms with Gasteiger partial charge < -0.3 is 20.4 Å². The fourth-order valence-electron chi connectivity index (χ4n) is 3.80. The van der Waals surface area contributed by atoms with Crippen LogP contribution in [0, 0.1) is 0 Å². The molecule has 0 aromatic heterocycles. The molecule has 5 heteroatoms. The minimum Gasteiger partial charge on any atom is -0.508 e. The van der Waals surface area contributed by atoms with Gasteiger partial charge in [0.05, 0.1) is 0 Å². The zero-order chi connectivity index (χ0) is 26.8. The molecule has 0 fully saturated rings. The molecule has 4 aromatic rings. The molecule has 188 valence electrons. The lowest BCUT2D eigenvalue weighted by molar-refractivity contribution is 0.137. The standard InChI is InChI=1S/2C15H16O.CH2O3/c2*1-15(2,12-6-4-3-5-7-12)13-8-10-14(16)11-9-13;2-1(3)4/h2*3-11,16H,1-2H3;(H2,2,3,4). The molecule has 4 aromatic carbocycles. The van der Waals surface area contributed by atoms with Crippen LogP contribution in [-0.2, 0) is 10.8 Å². The molecule has 0 aliphatic carbocycles. The first kappa shape index (κ1) is 28.0. The van der Waals surface area contributed by atoms with Gasteiger partial charge in [0, 0.05) is 10.8 Å². The molecule has 0 aliphatic rings. The maximum Gasteiger partial charge on any atom is 0.503 e. The smallest absolute Gasteiger partial charge is 0.503 e. The minimum absolute atomic E-state index is 0.0328. The van der Waals surface area contributed by atoms with Crippen molar-refractivity contribution >= 4 is 6.16 Å². The third kappa shape index (κ3) is 7.91. The maximum atomic E-state index is 9.29. The highest BCUT2D eigenvalue weighted by Gasteiger charge is 2.23. The topological polar surface area (TPSA) is 98.0 Å². The summed E-state index contributed by atoms with van der Waals surface area (Å²) in [6, 6.07) is 35.6. The van der Waals surface area contributed by atoms with Gasteiger partial charge in [0.1, 0.15) is 11.5 Å². The van der Waals surface area contributed by atoms with Crippen LogP contribution in [0.4, 0.5) is 4.79 Å². The van der Waals surface area contributed by atoms with E-state index in [-0.39, 0.29) is 10.8 Å². The van der Waals surface area contributed by atoms with Crippen LogP contribution in [0.25, 0.3) is 0 Å². The Bertz CT molecular complexity index is 1100. The SMILES string of the molecule is CC(C)(c1ccccc1)c1ccc(O)cc1.CC(C)(c1ccccc1)c1ccc(O)cc1.O=C(O)O. The Morgan fingerprint density at radius 3 is 0.944 bits per heavy atom. The third-order valence-corrected chi connectivity index (χ3v) is 6.17. The fourth-order valence-corrected chi connectivity index (χ4v) is 3.80. The number of carbonyl (C=O) groups is 1. The van der Waals surface area contributed by atoms with Crippen LogP contribution in [0.3, 0.4) is 0 Å². The molecule has 36 heavy (non-hydrogen) atoms. The lowest BCUT2D eigenvalue weighted by Crippen LogP contribution is -2.18. The quantitative estimate of drug-likeness (QED) is 0.237. The monoisotopic (exact) mass is 486 g/mol. The van der Waals surface area contributed by atoms with E-state index in [4.69, 9.17) is 15.0 Å². The highest BCUT2D eigenvalue weighted by Crippen LogP contribution is 2.33. The summed E-state index contributed by atoms with van der Waals surface area (Å²) < 4.78 is 0. The van der Waals surface area contributed by atoms with Gasteiger partial charge in [-0.25, -0.2) is 4.79 Å². The van der Waals surface area contributed by atoms with E-state index in [1.807, 2.05) is 36.4 Å². The van der Waals surface area contributed by atoms with Crippen molar-refractivity contribution in [1.82, 2.24) is 0 Å². The van der Waals surface area contributed by atoms with Crippen molar-refractivity contribution in [2.75, 3.05) is 0 Å². The van der Waals surface area contributed by atoms with Gasteiger partial charge in [-0.15, -0.1) is 0 Å². The molecule has 0 saturated heterocycles. The average molecular weight is 487 g/mol. The summed E-state index contributed by atoms with van der Waals surface area (Å²) in [6.07, 6.45) is -1.83. The third-order valence-electron chi connectivity index (χ3n) is 6.17. The Morgan fingerprint density at radius 1 is 0.472 bits per heavy atom. The van der Waals surface area contributed by atoms with Crippen molar-refractivity contribution in [1.29, 1.82) is 0 Å². The average Bonchev–Trinajstić information content (AvgIpc) is 2.86. The van der Waals surface area contributed by atoms with Crippen molar-refractivity contribution in [3.8, 4) is 11.5 Å². The van der Waals surface area contributed by atoms with Crippen LogP contribution in [0.5, 0.6) is 11.5 Å². The van der Waals surface area contributed by atoms with E-state index in [0.717, 1.165) is 0 Å². The second kappa shape index (κ2) is 12.5. The van der Waals surface area contributed by atoms with Gasteiger partial charge in [0.2, 0.25) is 0 Å². The van der Waals surface area contributed by atoms with Crippen LogP contribution in [0.1, 0.15) is 49.9 Å². The van der Waals surface area contributed by atoms with Crippen molar-refractivity contribution in [3.63, 3.8) is 0 Å². The van der Waals surface area contributed by atoms with E-state index in [2.05, 4.69) is 76.2 Å². The Kier molecular flexibility index (Phi) is 9.68. The molecule has 4 N–H and O–H groups in total. The predicted molar refractivity (Wildman–Crippen MR) is 144 cm³/mol. The van der Waals surface area contributed by atoms with Crippen molar-refractivity contribution in [2.24, 2.45) is 0 Å². The number of hydrogen-bond acceptors (Lipinski definition) is 3. The molecule has 0 unspecified atom stereocenters. The van der Waals surface area contributed by atoms with E-state index in [9.17, 15) is 10.2 Å². The molecule has 0 spiro atoms. The molecule has 0 radical (unpaired) electrons. The fraction of sp³-hybridized carbons (Fsp3) is 0.194. The Morgan fingerprint density at radius 2 is 0.694 bits per heavy atom. The molecule has 0 saturated carbocycles. The number of benzene rings is 4. The number of rotatable bonds is 4. The Balaban J connectivity index is 0.000000221. The predicted octanol–water partition coefficient (Wildman–Crippen LogP) is 7.66. The normalized spacial score (nSPS) is 10.8. The zero-order valence-corrected chi connectivity index (χ0v) is 21.1. The van der Waals surface area contributed by atoms with Crippen LogP contribution in [0.2, 0.25) is 0 Å². The molecular weight excluding hydrogens is 452 g/mol. The van der Waals surface area contributed by atoms with Gasteiger partial charge in [-0.05, 0) is 46.5 Å². The van der Waals surface area contributed by atoms with Gasteiger partial charge >= 0.3 is 6.16 Å². The van der Waals surface area contributed by atoms with E-state index in [1.54, 1.807) is 24.3 Å². The Labute approximate surface area is 213 Å². The number of aromatic hydroxyl groups is 2. The first-order valence-electron chi connectivity index (χ1n) is 11.6. The summed E-state index contributed by atoms with van der Waals surface area (Å²) in [4.78, 5) is 8.56. The van der Waals surface area contributed by atoms with Crippen molar-refractivity contribution < 1.29 is 25.2 Å². The number of phenolic OH excluding ortho intramolecular Hbond substituents is 2. The van der Waals surface area contributed by atoms with Crippen LogP contribution in [-0.4, -0.2) is 26.6 Å². The van der Waals surface area contributed by atoms with Crippen LogP contribution >= 0.6 is 0 Å². The summed E-state index contributed by atoms with van der Waals surface area (Å²) in [5.74, 6) is 0.625. The van der Waals surface area contributed by atoms with Crippen LogP contribution < -0.4 is 0 Å². The lowest BCUT2D eigenvalue weighted by Gasteiger charge is -2.26. The summed E-state index contributed by atoms with van der Waals surface area (Å²) in [7, 11) is 0. The molecule has 5 nitrogen and oxygen atoms in total. The zero-order valence-electron chi connectivity index (χ0n) is 21.1. The number of carboxylic acid groups (broad SMARTS) is 2. The summed E-state index contributed by atoms with van der Waals surface area (Å²) in [6.45, 7) is 8.76. The molecule has 0 atom stereocenters. The van der Waals surface area contributed by atoms with E-state index < -0.39 is 6.16 Å². The molecule has 0 heterocycles. The first-order valence-corrected chi connectivity index (χ1v) is 11.6. The first-order chi connectivity index (χ1) is 16.9. The highest BCUT2D eigenvalue weighted by molar-refractivity contribution is 5.53. The Hall–Kier alpha value is -4.25. The number of phenols is 2. The van der Waals surface area contributed by atoms with Crippen LogP contribution in [0.15, 0.2) is 109 Å². The molecule has 0 amide bonds. The van der Waals surface area contributed by atoms with Gasteiger partial charge in [-0.3, -0.25) is 0 Å². The van der Waals surface area contributed by atoms with E-state index in [0.29, 0.717) is 11.5 Å². The molecule has 0 aliphatic heterocycles. The van der Waals surface area contributed by atoms with Gasteiger partial charge in [0.25, 0.3) is 0 Å². The summed E-state index contributed by atoms with van der Waals surface area (Å²) in [5.41, 5.74) is 4.90. The van der Waals surface area contributed by atoms with Gasteiger partial charge in [0.15, 0.2) is 0 Å². The summed E-state index contributed by atoms with van der Waals surface area (Å²) >= 11 is 0. The molecular formula is C31H34O5. The molecule has 4 rings (SSSR count). The largest absolute Gasteiger partial charge is 0.508 e. The summed E-state index contributed by atoms with van der Waals surface area (Å²) in [5, 5.41) is 32.5. The van der Waals surface area contributed by atoms with E-state index >= 15 is 0 Å². The maximum absolute atomic E-state index is 9.29. The lowest BCUT2D eigenvalue weighted by atomic mass is 9.78. The van der Waals surface area contributed by atoms with Crippen molar-refractivity contribution in [3.05, 3.63) is 131 Å².